The molecule has 0 aliphatic carbocycles. The molecule has 8 heteroatoms. The average molecular weight is 450 g/mol. The number of hydrogen-bond donors (Lipinski definition) is 2. The van der Waals surface area contributed by atoms with Crippen LogP contribution in [0.5, 0.6) is 5.75 Å². The fraction of sp³-hybridized carbons (Fsp3) is 0.364. The van der Waals surface area contributed by atoms with E-state index < -0.39 is 0 Å². The van der Waals surface area contributed by atoms with Crippen LogP contribution in [0, 0.1) is 0 Å². The summed E-state index contributed by atoms with van der Waals surface area (Å²) in [6.07, 6.45) is 1.98. The molecule has 3 nitrogen and oxygen atoms in total. The molecule has 1 unspecified atom stereocenters. The van der Waals surface area contributed by atoms with Gasteiger partial charge in [-0.25, -0.2) is 0 Å². The normalized spacial score (nSPS) is 12.5. The number of benzene rings is 1. The molecule has 0 saturated heterocycles. The number of phenols is 1. The van der Waals surface area contributed by atoms with Gasteiger partial charge in [-0.2, -0.15) is 0 Å². The van der Waals surface area contributed by atoms with Gasteiger partial charge in [0.2, 0.25) is 0 Å². The molecule has 1 atom stereocenters. The SMILES string of the molecule is CCC(CO)N=Cc1c(O)c(Cl)c(Cl)c(Cl)c1Cl.[Sn]. The summed E-state index contributed by atoms with van der Waals surface area (Å²) in [5.41, 5.74) is 0.183. The molecular formula is C11H11Cl4NO2Sn. The minimum atomic E-state index is -0.285. The quantitative estimate of drug-likeness (QED) is 0.318. The molecule has 0 spiro atoms. The van der Waals surface area contributed by atoms with Crippen molar-refractivity contribution in [3.8, 4) is 5.75 Å². The van der Waals surface area contributed by atoms with Crippen molar-refractivity contribution in [2.45, 2.75) is 19.4 Å². The van der Waals surface area contributed by atoms with Gasteiger partial charge in [0.15, 0.2) is 0 Å². The molecule has 0 aromatic heterocycles. The molecule has 1 rings (SSSR count). The summed E-state index contributed by atoms with van der Waals surface area (Å²) in [4.78, 5) is 4.08. The Bertz CT molecular complexity index is 449. The van der Waals surface area contributed by atoms with Gasteiger partial charge in [0.1, 0.15) is 10.8 Å². The molecule has 0 heterocycles. The van der Waals surface area contributed by atoms with E-state index in [0.717, 1.165) is 0 Å². The molecule has 0 fully saturated rings. The predicted molar refractivity (Wildman–Crippen MR) is 82.7 cm³/mol. The molecule has 1 aromatic rings. The van der Waals surface area contributed by atoms with Crippen LogP contribution in [-0.4, -0.2) is 53.0 Å². The third kappa shape index (κ3) is 4.54. The van der Waals surface area contributed by atoms with Gasteiger partial charge in [-0.05, 0) is 6.42 Å². The fourth-order valence-corrected chi connectivity index (χ4v) is 2.12. The van der Waals surface area contributed by atoms with Gasteiger partial charge in [-0.1, -0.05) is 53.3 Å². The average Bonchev–Trinajstić information content (AvgIpc) is 2.38. The Morgan fingerprint density at radius 2 is 1.63 bits per heavy atom. The van der Waals surface area contributed by atoms with Crippen LogP contribution in [-0.2, 0) is 0 Å². The minimum Gasteiger partial charge on any atom is -0.506 e. The zero-order chi connectivity index (χ0) is 13.9. The topological polar surface area (TPSA) is 52.8 Å². The van der Waals surface area contributed by atoms with Crippen LogP contribution in [0.25, 0.3) is 0 Å². The van der Waals surface area contributed by atoms with E-state index in [-0.39, 0.29) is 68.0 Å². The van der Waals surface area contributed by atoms with Crippen LogP contribution in [0.3, 0.4) is 0 Å². The first-order valence-electron chi connectivity index (χ1n) is 5.12. The van der Waals surface area contributed by atoms with Crippen LogP contribution in [0.1, 0.15) is 18.9 Å². The summed E-state index contributed by atoms with van der Waals surface area (Å²) in [6, 6.07) is -0.270. The van der Waals surface area contributed by atoms with Gasteiger partial charge in [-0.3, -0.25) is 4.99 Å². The van der Waals surface area contributed by atoms with Gasteiger partial charge in [0.05, 0.1) is 33.3 Å². The van der Waals surface area contributed by atoms with Crippen LogP contribution in [0.15, 0.2) is 4.99 Å². The Morgan fingerprint density at radius 3 is 2.11 bits per heavy atom. The molecule has 1 aromatic carbocycles. The standard InChI is InChI=1S/C11H11Cl4NO2.Sn/c1-2-5(4-17)16-3-6-7(12)8(13)9(14)10(15)11(6)18;/h3,5,17-18H,2,4H2,1H3;. The second-order valence-electron chi connectivity index (χ2n) is 3.54. The Morgan fingerprint density at radius 1 is 1.11 bits per heavy atom. The molecule has 4 radical (unpaired) electrons. The second kappa shape index (κ2) is 8.80. The zero-order valence-electron chi connectivity index (χ0n) is 9.92. The van der Waals surface area contributed by atoms with Gasteiger partial charge in [-0.15, -0.1) is 0 Å². The van der Waals surface area contributed by atoms with E-state index in [4.69, 9.17) is 51.5 Å². The Hall–Kier alpha value is 0.609. The molecular weight excluding hydrogens is 439 g/mol. The van der Waals surface area contributed by atoms with Crippen molar-refractivity contribution in [2.75, 3.05) is 6.61 Å². The van der Waals surface area contributed by atoms with Gasteiger partial charge in [0, 0.05) is 30.1 Å². The first-order valence-corrected chi connectivity index (χ1v) is 6.64. The number of aliphatic imine (C=N–C) groups is 1. The predicted octanol–water partition coefficient (Wildman–Crippen LogP) is 3.81. The maximum absolute atomic E-state index is 9.83. The number of rotatable bonds is 4. The van der Waals surface area contributed by atoms with Crippen LogP contribution < -0.4 is 0 Å². The summed E-state index contributed by atoms with van der Waals surface area (Å²) < 4.78 is 0. The van der Waals surface area contributed by atoms with Gasteiger partial charge in [0.25, 0.3) is 0 Å². The number of phenolic OH excluding ortho intramolecular Hbond substituents is 1. The first-order chi connectivity index (χ1) is 8.43. The molecule has 104 valence electrons. The van der Waals surface area contributed by atoms with Crippen molar-refractivity contribution in [3.63, 3.8) is 0 Å². The molecule has 0 amide bonds. The molecule has 2 N–H and O–H groups in total. The maximum atomic E-state index is 9.83. The third-order valence-electron chi connectivity index (χ3n) is 2.37. The molecule has 19 heavy (non-hydrogen) atoms. The van der Waals surface area contributed by atoms with E-state index in [1.807, 2.05) is 6.92 Å². The van der Waals surface area contributed by atoms with Crippen molar-refractivity contribution in [1.29, 1.82) is 0 Å². The van der Waals surface area contributed by atoms with Crippen LogP contribution >= 0.6 is 46.4 Å². The first kappa shape index (κ1) is 19.6. The van der Waals surface area contributed by atoms with E-state index in [0.29, 0.717) is 6.42 Å². The molecule has 0 bridgehead atoms. The summed E-state index contributed by atoms with van der Waals surface area (Å²) in [6.45, 7) is 1.78. The number of aromatic hydroxyl groups is 1. The van der Waals surface area contributed by atoms with E-state index in [2.05, 4.69) is 4.99 Å². The van der Waals surface area contributed by atoms with Crippen molar-refractivity contribution >= 4 is 76.5 Å². The molecule has 0 aliphatic heterocycles. The number of hydrogen-bond acceptors (Lipinski definition) is 3. The number of halogens is 4. The summed E-state index contributed by atoms with van der Waals surface area (Å²) in [7, 11) is 0. The summed E-state index contributed by atoms with van der Waals surface area (Å²) in [5, 5.41) is 18.9. The number of nitrogens with zero attached hydrogens (tertiary/aromatic N) is 1. The van der Waals surface area contributed by atoms with E-state index >= 15 is 0 Å². The Kier molecular flexibility index (Phi) is 9.08. The van der Waals surface area contributed by atoms with Crippen molar-refractivity contribution in [1.82, 2.24) is 0 Å². The van der Waals surface area contributed by atoms with Crippen molar-refractivity contribution < 1.29 is 10.2 Å². The molecule has 0 aliphatic rings. The Labute approximate surface area is 148 Å². The van der Waals surface area contributed by atoms with Crippen LogP contribution in [0.4, 0.5) is 0 Å². The van der Waals surface area contributed by atoms with Crippen molar-refractivity contribution in [3.05, 3.63) is 25.7 Å². The smallest absolute Gasteiger partial charge is 0.146 e. The fourth-order valence-electron chi connectivity index (χ4n) is 1.22. The second-order valence-corrected chi connectivity index (χ2v) is 5.05. The largest absolute Gasteiger partial charge is 0.506 e. The third-order valence-corrected chi connectivity index (χ3v) is 4.18. The van der Waals surface area contributed by atoms with Gasteiger partial charge < -0.3 is 10.2 Å². The summed E-state index contributed by atoms with van der Waals surface area (Å²) >= 11 is 23.4. The van der Waals surface area contributed by atoms with E-state index in [9.17, 15) is 5.11 Å². The molecule has 0 saturated carbocycles. The van der Waals surface area contributed by atoms with E-state index in [1.54, 1.807) is 0 Å². The summed E-state index contributed by atoms with van der Waals surface area (Å²) in [5.74, 6) is -0.285. The van der Waals surface area contributed by atoms with Crippen molar-refractivity contribution in [2.24, 2.45) is 4.99 Å². The minimum absolute atomic E-state index is 0. The number of aliphatic hydroxyl groups excluding tert-OH is 1. The van der Waals surface area contributed by atoms with Crippen LogP contribution in [0.2, 0.25) is 20.1 Å². The zero-order valence-corrected chi connectivity index (χ0v) is 15.8. The van der Waals surface area contributed by atoms with E-state index in [1.165, 1.54) is 6.21 Å². The number of aliphatic hydroxyl groups is 1. The van der Waals surface area contributed by atoms with Gasteiger partial charge >= 0.3 is 0 Å². The Balaban J connectivity index is 0.00000324. The maximum Gasteiger partial charge on any atom is 0.146 e. The monoisotopic (exact) mass is 449 g/mol.